The maximum Gasteiger partial charge on any atom is 0.338 e. The number of rotatable bonds is 10. The fourth-order valence-corrected chi connectivity index (χ4v) is 2.76. The first-order valence-electron chi connectivity index (χ1n) is 12.0. The van der Waals surface area contributed by atoms with E-state index in [4.69, 9.17) is 18.9 Å². The van der Waals surface area contributed by atoms with Crippen molar-refractivity contribution in [3.63, 3.8) is 0 Å². The summed E-state index contributed by atoms with van der Waals surface area (Å²) in [6, 6.07) is 17.4. The highest BCUT2D eigenvalue weighted by atomic mass is 16.6. The lowest BCUT2D eigenvalue weighted by atomic mass is 10.1. The second kappa shape index (κ2) is 16.1. The molecule has 0 bridgehead atoms. The highest BCUT2D eigenvalue weighted by Gasteiger charge is 2.26. The summed E-state index contributed by atoms with van der Waals surface area (Å²) in [6.07, 6.45) is -1.03. The molecular weight excluding hydrogens is 464 g/mol. The summed E-state index contributed by atoms with van der Waals surface area (Å²) >= 11 is 0. The summed E-state index contributed by atoms with van der Waals surface area (Å²) in [5.41, 5.74) is 0.945. The van der Waals surface area contributed by atoms with Crippen LogP contribution in [0.1, 0.15) is 62.3 Å². The molecule has 2 aromatic rings. The fraction of sp³-hybridized carbons (Fsp3) is 0.429. The van der Waals surface area contributed by atoms with Crippen molar-refractivity contribution >= 4 is 23.9 Å². The second-order valence-electron chi connectivity index (χ2n) is 8.03. The minimum atomic E-state index is -0.517. The van der Waals surface area contributed by atoms with Gasteiger partial charge >= 0.3 is 23.9 Å². The van der Waals surface area contributed by atoms with Gasteiger partial charge in [0.25, 0.3) is 0 Å². The topological polar surface area (TPSA) is 105 Å². The molecule has 0 aliphatic carbocycles. The van der Waals surface area contributed by atoms with Gasteiger partial charge < -0.3 is 18.9 Å². The van der Waals surface area contributed by atoms with E-state index in [0.717, 1.165) is 0 Å². The first kappa shape index (κ1) is 30.4. The average Bonchev–Trinajstić information content (AvgIpc) is 2.89. The van der Waals surface area contributed by atoms with Gasteiger partial charge in [-0.05, 0) is 65.8 Å². The summed E-state index contributed by atoms with van der Waals surface area (Å²) in [6.45, 7) is 10.9. The zero-order valence-electron chi connectivity index (χ0n) is 21.8. The van der Waals surface area contributed by atoms with E-state index in [-0.39, 0.29) is 11.9 Å². The zero-order chi connectivity index (χ0) is 27.1. The number of ether oxygens (including phenoxy) is 4. The minimum absolute atomic E-state index is 0.322. The number of benzene rings is 2. The van der Waals surface area contributed by atoms with E-state index in [1.807, 2.05) is 12.1 Å². The zero-order valence-corrected chi connectivity index (χ0v) is 21.8. The van der Waals surface area contributed by atoms with Gasteiger partial charge in [-0.3, -0.25) is 9.59 Å². The maximum atomic E-state index is 11.8. The maximum absolute atomic E-state index is 11.8. The predicted octanol–water partition coefficient (Wildman–Crippen LogP) is 4.86. The van der Waals surface area contributed by atoms with Crippen molar-refractivity contribution in [1.82, 2.24) is 0 Å². The van der Waals surface area contributed by atoms with Crippen LogP contribution in [0.2, 0.25) is 0 Å². The van der Waals surface area contributed by atoms with Crippen molar-refractivity contribution in [2.24, 2.45) is 11.8 Å². The normalized spacial score (nSPS) is 13.5. The summed E-state index contributed by atoms with van der Waals surface area (Å²) in [5, 5.41) is 0. The quantitative estimate of drug-likeness (QED) is 0.336. The Bertz CT molecular complexity index is 879. The highest BCUT2D eigenvalue weighted by Crippen LogP contribution is 2.13. The van der Waals surface area contributed by atoms with Crippen molar-refractivity contribution in [2.75, 3.05) is 13.2 Å². The predicted molar refractivity (Wildman–Crippen MR) is 134 cm³/mol. The van der Waals surface area contributed by atoms with Crippen LogP contribution in [0.5, 0.6) is 0 Å². The van der Waals surface area contributed by atoms with Crippen LogP contribution >= 0.6 is 0 Å². The van der Waals surface area contributed by atoms with Crippen LogP contribution < -0.4 is 0 Å². The van der Waals surface area contributed by atoms with Gasteiger partial charge in [0.05, 0.1) is 36.2 Å². The number of esters is 4. The van der Waals surface area contributed by atoms with Crippen LogP contribution in [0.4, 0.5) is 0 Å². The standard InChI is InChI=1S/2C14H18O4/c2*1-4-17-13(15)10(2)11(3)18-14(16)12-8-6-5-7-9-12/h2*5-11H,4H2,1-3H3. The van der Waals surface area contributed by atoms with Gasteiger partial charge in [0.15, 0.2) is 0 Å². The molecule has 0 aliphatic rings. The van der Waals surface area contributed by atoms with Crippen LogP contribution in [-0.2, 0) is 28.5 Å². The molecule has 0 saturated heterocycles. The molecule has 4 unspecified atom stereocenters. The highest BCUT2D eigenvalue weighted by molar-refractivity contribution is 5.90. The molecule has 0 fully saturated rings. The second-order valence-corrected chi connectivity index (χ2v) is 8.03. The molecule has 0 spiro atoms. The van der Waals surface area contributed by atoms with Crippen molar-refractivity contribution in [3.8, 4) is 0 Å². The van der Waals surface area contributed by atoms with Gasteiger partial charge in [0.1, 0.15) is 12.2 Å². The molecule has 0 radical (unpaired) electrons. The molecule has 0 saturated carbocycles. The van der Waals surface area contributed by atoms with Crippen molar-refractivity contribution < 1.29 is 38.1 Å². The van der Waals surface area contributed by atoms with Crippen molar-refractivity contribution in [3.05, 3.63) is 71.8 Å². The van der Waals surface area contributed by atoms with Crippen molar-refractivity contribution in [2.45, 2.75) is 53.8 Å². The smallest absolute Gasteiger partial charge is 0.338 e. The van der Waals surface area contributed by atoms with E-state index in [2.05, 4.69) is 0 Å². The lowest BCUT2D eigenvalue weighted by molar-refractivity contribution is -0.151. The van der Waals surface area contributed by atoms with E-state index in [0.29, 0.717) is 24.3 Å². The van der Waals surface area contributed by atoms with E-state index < -0.39 is 36.0 Å². The van der Waals surface area contributed by atoms with Gasteiger partial charge in [0.2, 0.25) is 0 Å². The molecule has 0 aromatic heterocycles. The van der Waals surface area contributed by atoms with Gasteiger partial charge in [-0.15, -0.1) is 0 Å². The van der Waals surface area contributed by atoms with Crippen LogP contribution in [0.25, 0.3) is 0 Å². The number of carbonyl (C=O) groups is 4. The first-order chi connectivity index (χ1) is 17.1. The Hall–Kier alpha value is -3.68. The number of hydrogen-bond donors (Lipinski definition) is 0. The third kappa shape index (κ3) is 10.3. The number of hydrogen-bond acceptors (Lipinski definition) is 8. The molecule has 0 aliphatic heterocycles. The SMILES string of the molecule is CCOC(=O)C(C)C(C)OC(=O)c1ccccc1.CCOC(=O)C(C)C(C)OC(=O)c1ccccc1. The van der Waals surface area contributed by atoms with E-state index >= 15 is 0 Å². The Morgan fingerprint density at radius 1 is 0.583 bits per heavy atom. The van der Waals surface area contributed by atoms with E-state index in [1.54, 1.807) is 90.1 Å². The first-order valence-corrected chi connectivity index (χ1v) is 12.0. The Labute approximate surface area is 212 Å². The summed E-state index contributed by atoms with van der Waals surface area (Å²) < 4.78 is 20.2. The molecule has 8 nitrogen and oxygen atoms in total. The minimum Gasteiger partial charge on any atom is -0.466 e. The molecule has 4 atom stereocenters. The largest absolute Gasteiger partial charge is 0.466 e. The fourth-order valence-electron chi connectivity index (χ4n) is 2.76. The Morgan fingerprint density at radius 2 is 0.889 bits per heavy atom. The average molecular weight is 501 g/mol. The molecule has 196 valence electrons. The molecule has 0 heterocycles. The molecular formula is C28H36O8. The molecule has 8 heteroatoms. The lowest BCUT2D eigenvalue weighted by Crippen LogP contribution is -2.29. The third-order valence-corrected chi connectivity index (χ3v) is 5.33. The monoisotopic (exact) mass is 500 g/mol. The third-order valence-electron chi connectivity index (χ3n) is 5.33. The van der Waals surface area contributed by atoms with Crippen LogP contribution in [0.3, 0.4) is 0 Å². The lowest BCUT2D eigenvalue weighted by Gasteiger charge is -2.18. The van der Waals surface area contributed by atoms with Gasteiger partial charge in [-0.25, -0.2) is 9.59 Å². The summed E-state index contributed by atoms with van der Waals surface area (Å²) in [7, 11) is 0. The van der Waals surface area contributed by atoms with Crippen molar-refractivity contribution in [1.29, 1.82) is 0 Å². The Kier molecular flexibility index (Phi) is 13.6. The summed E-state index contributed by atoms with van der Waals surface area (Å²) in [4.78, 5) is 46.5. The Balaban J connectivity index is 0.000000360. The molecule has 36 heavy (non-hydrogen) atoms. The van der Waals surface area contributed by atoms with Crippen LogP contribution in [0, 0.1) is 11.8 Å². The van der Waals surface area contributed by atoms with Crippen LogP contribution in [0.15, 0.2) is 60.7 Å². The Morgan fingerprint density at radius 3 is 1.17 bits per heavy atom. The molecule has 2 rings (SSSR count). The molecule has 0 N–H and O–H groups in total. The van der Waals surface area contributed by atoms with E-state index in [1.165, 1.54) is 0 Å². The van der Waals surface area contributed by atoms with Crippen LogP contribution in [-0.4, -0.2) is 49.3 Å². The summed E-state index contributed by atoms with van der Waals surface area (Å²) in [5.74, 6) is -2.52. The van der Waals surface area contributed by atoms with Gasteiger partial charge in [-0.1, -0.05) is 36.4 Å². The molecule has 2 aromatic carbocycles. The molecule has 0 amide bonds. The number of carbonyl (C=O) groups excluding carboxylic acids is 4. The van der Waals surface area contributed by atoms with Gasteiger partial charge in [0, 0.05) is 0 Å². The van der Waals surface area contributed by atoms with Gasteiger partial charge in [-0.2, -0.15) is 0 Å². The van der Waals surface area contributed by atoms with E-state index in [9.17, 15) is 19.2 Å².